The molecule has 0 fully saturated rings. The number of nitrogens with zero attached hydrogens (tertiary/aromatic N) is 3. The van der Waals surface area contributed by atoms with Crippen molar-refractivity contribution in [1.29, 1.82) is 0 Å². The number of nitrogens with one attached hydrogen (secondary N) is 1. The molecule has 6 nitrogen and oxygen atoms in total. The monoisotopic (exact) mass is 428 g/mol. The van der Waals surface area contributed by atoms with Crippen molar-refractivity contribution in [3.8, 4) is 0 Å². The number of hydrogen-bond donors (Lipinski definition) is 1. The van der Waals surface area contributed by atoms with Gasteiger partial charge in [-0.1, -0.05) is 17.8 Å². The largest absolute Gasteiger partial charge is 0.467 e. The highest BCUT2D eigenvalue weighted by atomic mass is 32.2. The summed E-state index contributed by atoms with van der Waals surface area (Å²) in [6.45, 7) is 0.489. The molecule has 1 N–H and O–H groups in total. The molecule has 148 valence electrons. The number of carbonyl (C=O) groups excluding carboxylic acids is 1. The third-order valence-corrected chi connectivity index (χ3v) is 5.90. The van der Waals surface area contributed by atoms with Crippen LogP contribution in [0.2, 0.25) is 0 Å². The zero-order chi connectivity index (χ0) is 20.1. The maximum absolute atomic E-state index is 13.0. The molecule has 0 saturated heterocycles. The molecule has 4 rings (SSSR count). The molecule has 0 aliphatic carbocycles. The Bertz CT molecular complexity index is 1060. The lowest BCUT2D eigenvalue weighted by atomic mass is 10.3. The van der Waals surface area contributed by atoms with E-state index in [-0.39, 0.29) is 17.5 Å². The van der Waals surface area contributed by atoms with Gasteiger partial charge in [0.15, 0.2) is 5.16 Å². The number of thiophene rings is 1. The van der Waals surface area contributed by atoms with Gasteiger partial charge in [-0.3, -0.25) is 9.36 Å². The summed E-state index contributed by atoms with van der Waals surface area (Å²) in [5.41, 5.74) is 0.549. The van der Waals surface area contributed by atoms with Gasteiger partial charge < -0.3 is 9.73 Å². The molecule has 4 aromatic rings. The van der Waals surface area contributed by atoms with Gasteiger partial charge in [-0.2, -0.15) is 0 Å². The maximum atomic E-state index is 13.0. The molecule has 0 spiro atoms. The van der Waals surface area contributed by atoms with E-state index in [0.717, 1.165) is 11.6 Å². The third-order valence-electron chi connectivity index (χ3n) is 4.06. The Morgan fingerprint density at radius 2 is 2.03 bits per heavy atom. The minimum atomic E-state index is -0.346. The Morgan fingerprint density at radius 3 is 2.76 bits per heavy atom. The molecule has 0 saturated carbocycles. The summed E-state index contributed by atoms with van der Waals surface area (Å²) in [4.78, 5) is 13.4. The topological polar surface area (TPSA) is 73.0 Å². The van der Waals surface area contributed by atoms with Crippen molar-refractivity contribution in [3.05, 3.63) is 82.5 Å². The molecule has 29 heavy (non-hydrogen) atoms. The number of thioether (sulfide) groups is 1. The zero-order valence-electron chi connectivity index (χ0n) is 15.2. The smallest absolute Gasteiger partial charge is 0.234 e. The highest BCUT2D eigenvalue weighted by Crippen LogP contribution is 2.22. The van der Waals surface area contributed by atoms with Crippen LogP contribution in [0.3, 0.4) is 0 Å². The fourth-order valence-electron chi connectivity index (χ4n) is 2.70. The molecule has 0 bridgehead atoms. The van der Waals surface area contributed by atoms with E-state index >= 15 is 0 Å². The summed E-state index contributed by atoms with van der Waals surface area (Å²) in [6.07, 6.45) is 2.29. The van der Waals surface area contributed by atoms with Gasteiger partial charge in [-0.15, -0.1) is 21.5 Å². The second-order valence-corrected chi connectivity index (χ2v) is 8.14. The second-order valence-electron chi connectivity index (χ2n) is 6.16. The van der Waals surface area contributed by atoms with Crippen molar-refractivity contribution in [2.45, 2.75) is 18.1 Å². The molecule has 9 heteroatoms. The molecule has 3 aromatic heterocycles. The van der Waals surface area contributed by atoms with Gasteiger partial charge in [0, 0.05) is 17.0 Å². The predicted octanol–water partition coefficient (Wildman–Crippen LogP) is 4.44. The Kier molecular flexibility index (Phi) is 6.06. The van der Waals surface area contributed by atoms with E-state index in [2.05, 4.69) is 21.6 Å². The lowest BCUT2D eigenvalue weighted by Gasteiger charge is -2.09. The molecule has 0 aliphatic heterocycles. The van der Waals surface area contributed by atoms with Gasteiger partial charge >= 0.3 is 0 Å². The summed E-state index contributed by atoms with van der Waals surface area (Å²) in [5.74, 6) is 1.21. The normalized spacial score (nSPS) is 10.9. The number of halogens is 1. The number of anilines is 1. The molecular formula is C20H17FN4O2S2. The first kappa shape index (κ1) is 19.4. The number of hydrogen-bond acceptors (Lipinski definition) is 6. The van der Waals surface area contributed by atoms with Gasteiger partial charge in [0.25, 0.3) is 0 Å². The van der Waals surface area contributed by atoms with E-state index in [1.54, 1.807) is 17.6 Å². The lowest BCUT2D eigenvalue weighted by molar-refractivity contribution is -0.113. The Balaban J connectivity index is 1.46. The third kappa shape index (κ3) is 5.12. The van der Waals surface area contributed by atoms with Crippen LogP contribution in [0.1, 0.15) is 16.5 Å². The van der Waals surface area contributed by atoms with Crippen molar-refractivity contribution < 1.29 is 13.6 Å². The van der Waals surface area contributed by atoms with Gasteiger partial charge in [0.1, 0.15) is 17.4 Å². The molecule has 3 heterocycles. The van der Waals surface area contributed by atoms with Gasteiger partial charge in [0.05, 0.1) is 18.6 Å². The summed E-state index contributed by atoms with van der Waals surface area (Å²) in [5, 5.41) is 14.0. The number of carbonyl (C=O) groups is 1. The highest BCUT2D eigenvalue weighted by molar-refractivity contribution is 7.99. The standard InChI is InChI=1S/C20H17FN4O2S2/c21-14-5-7-15(8-6-14)22-19(26)13-29-20-24-23-18(11-17-4-2-10-28-17)25(20)12-16-3-1-9-27-16/h1-10H,11-13H2,(H,22,26). The van der Waals surface area contributed by atoms with Crippen LogP contribution in [-0.4, -0.2) is 26.4 Å². The van der Waals surface area contributed by atoms with E-state index in [1.807, 2.05) is 28.1 Å². The molecule has 0 aliphatic rings. The first-order valence-electron chi connectivity index (χ1n) is 8.82. The number of aromatic nitrogens is 3. The molecule has 0 unspecified atom stereocenters. The van der Waals surface area contributed by atoms with Crippen LogP contribution < -0.4 is 5.32 Å². The van der Waals surface area contributed by atoms with Crippen molar-refractivity contribution >= 4 is 34.7 Å². The van der Waals surface area contributed by atoms with Crippen molar-refractivity contribution in [2.24, 2.45) is 0 Å². The summed E-state index contributed by atoms with van der Waals surface area (Å²) in [7, 11) is 0. The average Bonchev–Trinajstić information content (AvgIpc) is 3.47. The molecule has 1 aromatic carbocycles. The van der Waals surface area contributed by atoms with E-state index in [9.17, 15) is 9.18 Å². The highest BCUT2D eigenvalue weighted by Gasteiger charge is 2.16. The number of rotatable bonds is 8. The van der Waals surface area contributed by atoms with Crippen molar-refractivity contribution in [2.75, 3.05) is 11.1 Å². The van der Waals surface area contributed by atoms with Crippen LogP contribution in [0.15, 0.2) is 69.7 Å². The van der Waals surface area contributed by atoms with Gasteiger partial charge in [-0.25, -0.2) is 4.39 Å². The number of benzene rings is 1. The van der Waals surface area contributed by atoms with Crippen molar-refractivity contribution in [1.82, 2.24) is 14.8 Å². The maximum Gasteiger partial charge on any atom is 0.234 e. The Hall–Kier alpha value is -2.91. The van der Waals surface area contributed by atoms with Crippen LogP contribution in [0.25, 0.3) is 0 Å². The lowest BCUT2D eigenvalue weighted by Crippen LogP contribution is -2.15. The first-order chi connectivity index (χ1) is 14.2. The SMILES string of the molecule is O=C(CSc1nnc(Cc2cccs2)n1Cc1ccco1)Nc1ccc(F)cc1. The Labute approximate surface area is 174 Å². The van der Waals surface area contributed by atoms with Crippen LogP contribution in [0.5, 0.6) is 0 Å². The Morgan fingerprint density at radius 1 is 1.17 bits per heavy atom. The average molecular weight is 429 g/mol. The van der Waals surface area contributed by atoms with Crippen LogP contribution in [0.4, 0.5) is 10.1 Å². The van der Waals surface area contributed by atoms with E-state index in [1.165, 1.54) is 40.9 Å². The minimum Gasteiger partial charge on any atom is -0.467 e. The summed E-state index contributed by atoms with van der Waals surface area (Å²) >= 11 is 2.96. The molecule has 1 amide bonds. The predicted molar refractivity (Wildman–Crippen MR) is 111 cm³/mol. The second kappa shape index (κ2) is 9.06. The quantitative estimate of drug-likeness (QED) is 0.420. The van der Waals surface area contributed by atoms with Gasteiger partial charge in [0.2, 0.25) is 5.91 Å². The van der Waals surface area contributed by atoms with Crippen molar-refractivity contribution in [3.63, 3.8) is 0 Å². The first-order valence-corrected chi connectivity index (χ1v) is 10.7. The van der Waals surface area contributed by atoms with E-state index in [0.29, 0.717) is 23.8 Å². The van der Waals surface area contributed by atoms with E-state index < -0.39 is 0 Å². The number of furan rings is 1. The van der Waals surface area contributed by atoms with Crippen LogP contribution >= 0.6 is 23.1 Å². The molecule has 0 radical (unpaired) electrons. The fraction of sp³-hybridized carbons (Fsp3) is 0.150. The summed E-state index contributed by atoms with van der Waals surface area (Å²) < 4.78 is 20.4. The number of amides is 1. The van der Waals surface area contributed by atoms with Crippen LogP contribution in [0, 0.1) is 5.82 Å². The fourth-order valence-corrected chi connectivity index (χ4v) is 4.16. The summed E-state index contributed by atoms with van der Waals surface area (Å²) in [6, 6.07) is 13.4. The van der Waals surface area contributed by atoms with Crippen LogP contribution in [-0.2, 0) is 17.8 Å². The van der Waals surface area contributed by atoms with Gasteiger partial charge in [-0.05, 0) is 47.8 Å². The zero-order valence-corrected chi connectivity index (χ0v) is 16.9. The minimum absolute atomic E-state index is 0.159. The molecule has 0 atom stereocenters. The molecular weight excluding hydrogens is 411 g/mol. The van der Waals surface area contributed by atoms with E-state index in [4.69, 9.17) is 4.42 Å².